The summed E-state index contributed by atoms with van der Waals surface area (Å²) in [4.78, 5) is 13.2. The standard InChI is InChI=1S/C16H23NO2/c1-12(14-6-4-3-5-7-14)8-9-17-10-15(11-17)13(2)16(18)19/h3-7,12-13,15H,8-11H2,1-2H3,(H,18,19). The lowest BCUT2D eigenvalue weighted by Gasteiger charge is -2.41. The molecule has 0 aromatic heterocycles. The van der Waals surface area contributed by atoms with Gasteiger partial charge in [0.25, 0.3) is 0 Å². The van der Waals surface area contributed by atoms with Gasteiger partial charge in [-0.25, -0.2) is 0 Å². The van der Waals surface area contributed by atoms with E-state index in [4.69, 9.17) is 5.11 Å². The zero-order valence-electron chi connectivity index (χ0n) is 11.7. The van der Waals surface area contributed by atoms with Crippen LogP contribution >= 0.6 is 0 Å². The highest BCUT2D eigenvalue weighted by atomic mass is 16.4. The third-order valence-corrected chi connectivity index (χ3v) is 4.33. The van der Waals surface area contributed by atoms with Crippen LogP contribution in [0, 0.1) is 11.8 Å². The van der Waals surface area contributed by atoms with Crippen molar-refractivity contribution in [3.63, 3.8) is 0 Å². The first-order valence-electron chi connectivity index (χ1n) is 7.08. The molecule has 2 rings (SSSR count). The normalized spacial score (nSPS) is 19.7. The van der Waals surface area contributed by atoms with Gasteiger partial charge in [-0.15, -0.1) is 0 Å². The van der Waals surface area contributed by atoms with Gasteiger partial charge in [-0.3, -0.25) is 4.79 Å². The zero-order chi connectivity index (χ0) is 13.8. The van der Waals surface area contributed by atoms with Crippen LogP contribution in [0.2, 0.25) is 0 Å². The number of aliphatic carboxylic acids is 1. The number of nitrogens with zero attached hydrogens (tertiary/aromatic N) is 1. The molecule has 0 radical (unpaired) electrons. The molecule has 1 aliphatic rings. The molecule has 2 atom stereocenters. The summed E-state index contributed by atoms with van der Waals surface area (Å²) >= 11 is 0. The van der Waals surface area contributed by atoms with Crippen molar-refractivity contribution in [3.05, 3.63) is 35.9 Å². The third kappa shape index (κ3) is 3.57. The van der Waals surface area contributed by atoms with E-state index in [2.05, 4.69) is 36.1 Å². The van der Waals surface area contributed by atoms with E-state index in [1.165, 1.54) is 5.56 Å². The lowest BCUT2D eigenvalue weighted by Crippen LogP contribution is -2.51. The Morgan fingerprint density at radius 2 is 1.95 bits per heavy atom. The summed E-state index contributed by atoms with van der Waals surface area (Å²) in [5.74, 6) is 0.0341. The van der Waals surface area contributed by atoms with Crippen molar-refractivity contribution >= 4 is 5.97 Å². The quantitative estimate of drug-likeness (QED) is 0.856. The first-order chi connectivity index (χ1) is 9.08. The Kier molecular flexibility index (Phi) is 4.59. The van der Waals surface area contributed by atoms with E-state index in [0.29, 0.717) is 11.8 Å². The lowest BCUT2D eigenvalue weighted by atomic mass is 9.86. The Morgan fingerprint density at radius 1 is 1.32 bits per heavy atom. The average molecular weight is 261 g/mol. The van der Waals surface area contributed by atoms with Gasteiger partial charge in [-0.2, -0.15) is 0 Å². The minimum absolute atomic E-state index is 0.206. The number of carboxylic acid groups (broad SMARTS) is 1. The second kappa shape index (κ2) is 6.20. The summed E-state index contributed by atoms with van der Waals surface area (Å²) in [6.07, 6.45) is 1.14. The number of benzene rings is 1. The molecule has 104 valence electrons. The third-order valence-electron chi connectivity index (χ3n) is 4.33. The van der Waals surface area contributed by atoms with E-state index >= 15 is 0 Å². The molecule has 3 nitrogen and oxygen atoms in total. The molecule has 1 heterocycles. The predicted molar refractivity (Wildman–Crippen MR) is 76.2 cm³/mol. The minimum Gasteiger partial charge on any atom is -0.481 e. The molecule has 19 heavy (non-hydrogen) atoms. The molecule has 0 spiro atoms. The molecule has 1 saturated heterocycles. The molecule has 0 saturated carbocycles. The topological polar surface area (TPSA) is 40.5 Å². The highest BCUT2D eigenvalue weighted by Gasteiger charge is 2.34. The predicted octanol–water partition coefficient (Wildman–Crippen LogP) is 2.83. The molecule has 1 aromatic rings. The molecule has 1 aliphatic heterocycles. The van der Waals surface area contributed by atoms with Gasteiger partial charge in [0.05, 0.1) is 5.92 Å². The average Bonchev–Trinajstić information content (AvgIpc) is 2.37. The SMILES string of the molecule is CC(CCN1CC(C(C)C(=O)O)C1)c1ccccc1. The molecule has 3 heteroatoms. The molecule has 1 aromatic carbocycles. The van der Waals surface area contributed by atoms with Crippen LogP contribution in [0.4, 0.5) is 0 Å². The number of hydrogen-bond donors (Lipinski definition) is 1. The second-order valence-electron chi connectivity index (χ2n) is 5.75. The van der Waals surface area contributed by atoms with E-state index in [-0.39, 0.29) is 5.92 Å². The fourth-order valence-electron chi connectivity index (χ4n) is 2.63. The largest absolute Gasteiger partial charge is 0.481 e. The van der Waals surface area contributed by atoms with Crippen LogP contribution in [0.25, 0.3) is 0 Å². The molecular formula is C16H23NO2. The van der Waals surface area contributed by atoms with Crippen molar-refractivity contribution in [2.75, 3.05) is 19.6 Å². The molecule has 1 fully saturated rings. The van der Waals surface area contributed by atoms with Gasteiger partial charge < -0.3 is 10.0 Å². The van der Waals surface area contributed by atoms with E-state index in [1.54, 1.807) is 0 Å². The summed E-state index contributed by atoms with van der Waals surface area (Å²) in [6.45, 7) is 7.02. The maximum atomic E-state index is 10.9. The summed E-state index contributed by atoms with van der Waals surface area (Å²) in [5.41, 5.74) is 1.39. The Balaban J connectivity index is 1.70. The van der Waals surface area contributed by atoms with Crippen molar-refractivity contribution in [2.45, 2.75) is 26.2 Å². The Labute approximate surface area is 115 Å². The van der Waals surface area contributed by atoms with Crippen molar-refractivity contribution in [3.8, 4) is 0 Å². The van der Waals surface area contributed by atoms with E-state index < -0.39 is 5.97 Å². The van der Waals surface area contributed by atoms with Gasteiger partial charge in [0.15, 0.2) is 0 Å². The van der Waals surface area contributed by atoms with Crippen molar-refractivity contribution in [2.24, 2.45) is 11.8 Å². The lowest BCUT2D eigenvalue weighted by molar-refractivity contribution is -0.145. The summed E-state index contributed by atoms with van der Waals surface area (Å²) < 4.78 is 0. The Hall–Kier alpha value is -1.35. The van der Waals surface area contributed by atoms with Crippen molar-refractivity contribution in [1.29, 1.82) is 0 Å². The maximum absolute atomic E-state index is 10.9. The highest BCUT2D eigenvalue weighted by Crippen LogP contribution is 2.26. The number of carbonyl (C=O) groups is 1. The van der Waals surface area contributed by atoms with Crippen molar-refractivity contribution in [1.82, 2.24) is 4.90 Å². The Bertz CT molecular complexity index is 412. The number of hydrogen-bond acceptors (Lipinski definition) is 2. The van der Waals surface area contributed by atoms with Crippen LogP contribution in [0.1, 0.15) is 31.7 Å². The molecule has 0 aliphatic carbocycles. The van der Waals surface area contributed by atoms with E-state index in [9.17, 15) is 4.79 Å². The first-order valence-corrected chi connectivity index (χ1v) is 7.08. The monoisotopic (exact) mass is 261 g/mol. The van der Waals surface area contributed by atoms with E-state index in [0.717, 1.165) is 26.1 Å². The smallest absolute Gasteiger partial charge is 0.306 e. The van der Waals surface area contributed by atoms with Gasteiger partial charge in [0.1, 0.15) is 0 Å². The summed E-state index contributed by atoms with van der Waals surface area (Å²) in [7, 11) is 0. The number of likely N-dealkylation sites (tertiary alicyclic amines) is 1. The highest BCUT2D eigenvalue weighted by molar-refractivity contribution is 5.70. The summed E-state index contributed by atoms with van der Waals surface area (Å²) in [6, 6.07) is 10.6. The van der Waals surface area contributed by atoms with Crippen LogP contribution < -0.4 is 0 Å². The fourth-order valence-corrected chi connectivity index (χ4v) is 2.63. The summed E-state index contributed by atoms with van der Waals surface area (Å²) in [5, 5.41) is 8.95. The maximum Gasteiger partial charge on any atom is 0.306 e. The van der Waals surface area contributed by atoms with E-state index in [1.807, 2.05) is 13.0 Å². The van der Waals surface area contributed by atoms with Gasteiger partial charge >= 0.3 is 5.97 Å². The fraction of sp³-hybridized carbons (Fsp3) is 0.562. The Morgan fingerprint density at radius 3 is 2.53 bits per heavy atom. The van der Waals surface area contributed by atoms with Crippen LogP contribution in [-0.2, 0) is 4.79 Å². The molecule has 1 N–H and O–H groups in total. The number of rotatable bonds is 6. The van der Waals surface area contributed by atoms with Gasteiger partial charge in [0.2, 0.25) is 0 Å². The zero-order valence-corrected chi connectivity index (χ0v) is 11.7. The van der Waals surface area contributed by atoms with Crippen LogP contribution in [0.15, 0.2) is 30.3 Å². The second-order valence-corrected chi connectivity index (χ2v) is 5.75. The van der Waals surface area contributed by atoms with Crippen LogP contribution in [0.3, 0.4) is 0 Å². The molecular weight excluding hydrogens is 238 g/mol. The van der Waals surface area contributed by atoms with Crippen LogP contribution in [0.5, 0.6) is 0 Å². The van der Waals surface area contributed by atoms with Crippen molar-refractivity contribution < 1.29 is 9.90 Å². The molecule has 2 unspecified atom stereocenters. The van der Waals surface area contributed by atoms with Gasteiger partial charge in [0, 0.05) is 13.1 Å². The number of carboxylic acids is 1. The van der Waals surface area contributed by atoms with Gasteiger partial charge in [-0.1, -0.05) is 44.2 Å². The minimum atomic E-state index is -0.665. The molecule has 0 bridgehead atoms. The van der Waals surface area contributed by atoms with Gasteiger partial charge in [-0.05, 0) is 30.4 Å². The first kappa shape index (κ1) is 14.1. The van der Waals surface area contributed by atoms with Crippen LogP contribution in [-0.4, -0.2) is 35.6 Å². The molecule has 0 amide bonds.